The smallest absolute Gasteiger partial charge is 0.262 e. The topological polar surface area (TPSA) is 81.8 Å². The van der Waals surface area contributed by atoms with E-state index in [2.05, 4.69) is 29.2 Å². The van der Waals surface area contributed by atoms with E-state index in [1.54, 1.807) is 16.8 Å². The molecule has 30 heavy (non-hydrogen) atoms. The molecule has 2 aromatic heterocycles. The van der Waals surface area contributed by atoms with E-state index >= 15 is 0 Å². The molecule has 158 valence electrons. The van der Waals surface area contributed by atoms with E-state index in [9.17, 15) is 9.59 Å². The second kappa shape index (κ2) is 9.04. The fraction of sp³-hybridized carbons (Fsp3) is 0.455. The molecule has 1 saturated carbocycles. The molecule has 4 rings (SSSR count). The average Bonchev–Trinajstić information content (AvgIpc) is 3.40. The maximum atomic E-state index is 13.0. The van der Waals surface area contributed by atoms with Crippen molar-refractivity contribution in [1.82, 2.24) is 19.3 Å². The summed E-state index contributed by atoms with van der Waals surface area (Å²) in [5.41, 5.74) is 0.598. The molecule has 0 aliphatic heterocycles. The highest BCUT2D eigenvalue weighted by atomic mass is 32.2. The second-order valence-electron chi connectivity index (χ2n) is 8.16. The molecular weight excluding hydrogens is 398 g/mol. The molecule has 1 aliphatic carbocycles. The van der Waals surface area contributed by atoms with Gasteiger partial charge in [0.1, 0.15) is 5.82 Å². The monoisotopic (exact) mass is 425 g/mol. The minimum Gasteiger partial charge on any atom is -0.310 e. The van der Waals surface area contributed by atoms with Crippen molar-refractivity contribution in [3.05, 3.63) is 46.9 Å². The summed E-state index contributed by atoms with van der Waals surface area (Å²) >= 11 is 1.30. The molecule has 0 saturated heterocycles. The van der Waals surface area contributed by atoms with Crippen molar-refractivity contribution in [2.24, 2.45) is 5.92 Å². The fourth-order valence-electron chi connectivity index (χ4n) is 3.95. The van der Waals surface area contributed by atoms with Gasteiger partial charge in [0.2, 0.25) is 5.91 Å². The van der Waals surface area contributed by atoms with Gasteiger partial charge >= 0.3 is 0 Å². The predicted molar refractivity (Wildman–Crippen MR) is 120 cm³/mol. The van der Waals surface area contributed by atoms with Crippen LogP contribution in [0.2, 0.25) is 0 Å². The number of nitrogens with zero attached hydrogens (tertiary/aromatic N) is 4. The van der Waals surface area contributed by atoms with Gasteiger partial charge in [-0.05, 0) is 30.9 Å². The maximum absolute atomic E-state index is 13.0. The number of nitrogens with one attached hydrogen (secondary N) is 1. The first-order valence-corrected chi connectivity index (χ1v) is 11.5. The van der Waals surface area contributed by atoms with Gasteiger partial charge < -0.3 is 5.32 Å². The first-order valence-electron chi connectivity index (χ1n) is 10.5. The minimum atomic E-state index is -0.127. The second-order valence-corrected chi connectivity index (χ2v) is 9.10. The Hall–Kier alpha value is -2.61. The number of aromatic nitrogens is 4. The normalized spacial score (nSPS) is 14.6. The molecule has 0 atom stereocenters. The van der Waals surface area contributed by atoms with Gasteiger partial charge in [0.05, 0.1) is 28.9 Å². The SMILES string of the molecule is CC(C)Cn1c(SCC(=O)Nc2ccnn2C2CCCC2)nc2ccccc2c1=O. The molecule has 2 heterocycles. The molecule has 8 heteroatoms. The van der Waals surface area contributed by atoms with Crippen LogP contribution in [0.1, 0.15) is 45.6 Å². The molecule has 0 radical (unpaired) electrons. The Morgan fingerprint density at radius 2 is 2.00 bits per heavy atom. The standard InChI is InChI=1S/C22H27N5O2S/c1-15(2)13-26-21(29)17-9-5-6-10-18(17)24-22(26)30-14-20(28)25-19-11-12-23-27(19)16-7-3-4-8-16/h5-6,9-12,15-16H,3-4,7-8,13-14H2,1-2H3,(H,25,28). The van der Waals surface area contributed by atoms with Crippen LogP contribution in [0.3, 0.4) is 0 Å². The Balaban J connectivity index is 1.51. The first kappa shape index (κ1) is 20.7. The molecule has 0 spiro atoms. The summed E-state index contributed by atoms with van der Waals surface area (Å²) in [6.45, 7) is 4.69. The van der Waals surface area contributed by atoms with Crippen LogP contribution in [0.25, 0.3) is 10.9 Å². The minimum absolute atomic E-state index is 0.0588. The number of anilines is 1. The molecule has 1 fully saturated rings. The van der Waals surface area contributed by atoms with Gasteiger partial charge in [-0.3, -0.25) is 14.2 Å². The molecule has 1 N–H and O–H groups in total. The molecule has 7 nitrogen and oxygen atoms in total. The van der Waals surface area contributed by atoms with Gasteiger partial charge in [0.15, 0.2) is 5.16 Å². The highest BCUT2D eigenvalue weighted by Gasteiger charge is 2.21. The van der Waals surface area contributed by atoms with E-state index in [-0.39, 0.29) is 17.2 Å². The Bertz CT molecular complexity index is 1100. The zero-order valence-corrected chi connectivity index (χ0v) is 18.2. The fourth-order valence-corrected chi connectivity index (χ4v) is 4.75. The van der Waals surface area contributed by atoms with Crippen LogP contribution in [0, 0.1) is 5.92 Å². The van der Waals surface area contributed by atoms with Crippen LogP contribution in [-0.4, -0.2) is 31.0 Å². The molecule has 3 aromatic rings. The lowest BCUT2D eigenvalue weighted by Crippen LogP contribution is -2.26. The Morgan fingerprint density at radius 1 is 1.23 bits per heavy atom. The van der Waals surface area contributed by atoms with Crippen molar-refractivity contribution in [2.75, 3.05) is 11.1 Å². The highest BCUT2D eigenvalue weighted by molar-refractivity contribution is 7.99. The lowest BCUT2D eigenvalue weighted by molar-refractivity contribution is -0.113. The molecule has 1 aromatic carbocycles. The van der Waals surface area contributed by atoms with E-state index in [0.29, 0.717) is 34.6 Å². The van der Waals surface area contributed by atoms with Gasteiger partial charge in [-0.1, -0.05) is 50.6 Å². The summed E-state index contributed by atoms with van der Waals surface area (Å²) in [4.78, 5) is 30.3. The third-order valence-electron chi connectivity index (χ3n) is 5.32. The third-order valence-corrected chi connectivity index (χ3v) is 6.29. The zero-order valence-electron chi connectivity index (χ0n) is 17.4. The van der Waals surface area contributed by atoms with Crippen LogP contribution in [0.5, 0.6) is 0 Å². The van der Waals surface area contributed by atoms with Crippen molar-refractivity contribution >= 4 is 34.4 Å². The number of carbonyl (C=O) groups is 1. The summed E-state index contributed by atoms with van der Waals surface area (Å²) < 4.78 is 3.62. The van der Waals surface area contributed by atoms with Gasteiger partial charge in [-0.2, -0.15) is 5.10 Å². The molecule has 1 aliphatic rings. The summed E-state index contributed by atoms with van der Waals surface area (Å²) in [5, 5.41) is 8.55. The Kier molecular flexibility index (Phi) is 6.22. The van der Waals surface area contributed by atoms with E-state index in [1.807, 2.05) is 28.9 Å². The molecule has 1 amide bonds. The van der Waals surface area contributed by atoms with E-state index in [0.717, 1.165) is 18.7 Å². The number of benzene rings is 1. The van der Waals surface area contributed by atoms with Crippen LogP contribution < -0.4 is 10.9 Å². The molecular formula is C22H27N5O2S. The van der Waals surface area contributed by atoms with E-state index < -0.39 is 0 Å². The average molecular weight is 426 g/mol. The number of rotatable bonds is 7. The number of fused-ring (bicyclic) bond motifs is 1. The predicted octanol–water partition coefficient (Wildman–Crippen LogP) is 4.09. The summed E-state index contributed by atoms with van der Waals surface area (Å²) in [6, 6.07) is 9.55. The van der Waals surface area contributed by atoms with Crippen molar-refractivity contribution in [2.45, 2.75) is 57.3 Å². The number of amides is 1. The van der Waals surface area contributed by atoms with Gasteiger partial charge in [-0.25, -0.2) is 9.67 Å². The molecule has 0 bridgehead atoms. The number of para-hydroxylation sites is 1. The van der Waals surface area contributed by atoms with Crippen molar-refractivity contribution in [3.63, 3.8) is 0 Å². The van der Waals surface area contributed by atoms with Crippen molar-refractivity contribution in [1.29, 1.82) is 0 Å². The third kappa shape index (κ3) is 4.43. The summed E-state index contributed by atoms with van der Waals surface area (Å²) in [7, 11) is 0. The Labute approximate surface area is 179 Å². The number of thioether (sulfide) groups is 1. The van der Waals surface area contributed by atoms with E-state index in [4.69, 9.17) is 0 Å². The lowest BCUT2D eigenvalue weighted by atomic mass is 10.2. The Morgan fingerprint density at radius 3 is 2.77 bits per heavy atom. The van der Waals surface area contributed by atoms with Gasteiger partial charge in [-0.15, -0.1) is 0 Å². The van der Waals surface area contributed by atoms with Crippen LogP contribution >= 0.6 is 11.8 Å². The summed E-state index contributed by atoms with van der Waals surface area (Å²) in [6.07, 6.45) is 6.33. The number of hydrogen-bond donors (Lipinski definition) is 1. The van der Waals surface area contributed by atoms with Crippen molar-refractivity contribution < 1.29 is 4.79 Å². The quantitative estimate of drug-likeness (QED) is 0.455. The first-order chi connectivity index (χ1) is 14.5. The lowest BCUT2D eigenvalue weighted by Gasteiger charge is -2.16. The van der Waals surface area contributed by atoms with Crippen LogP contribution in [0.4, 0.5) is 5.82 Å². The van der Waals surface area contributed by atoms with Crippen molar-refractivity contribution in [3.8, 4) is 0 Å². The van der Waals surface area contributed by atoms with E-state index in [1.165, 1.54) is 24.6 Å². The maximum Gasteiger partial charge on any atom is 0.262 e. The largest absolute Gasteiger partial charge is 0.310 e. The number of hydrogen-bond acceptors (Lipinski definition) is 5. The van der Waals surface area contributed by atoms with Crippen LogP contribution in [-0.2, 0) is 11.3 Å². The van der Waals surface area contributed by atoms with Gasteiger partial charge in [0.25, 0.3) is 5.56 Å². The summed E-state index contributed by atoms with van der Waals surface area (Å²) in [5.74, 6) is 1.08. The highest BCUT2D eigenvalue weighted by Crippen LogP contribution is 2.31. The zero-order chi connectivity index (χ0) is 21.1. The molecule has 0 unspecified atom stereocenters. The number of carbonyl (C=O) groups excluding carboxylic acids is 1. The van der Waals surface area contributed by atoms with Gasteiger partial charge in [0, 0.05) is 12.6 Å². The van der Waals surface area contributed by atoms with Crippen LogP contribution in [0.15, 0.2) is 46.5 Å².